The molecule has 1 aliphatic rings. The average molecular weight is 200 g/mol. The maximum Gasteiger partial charge on any atom is 0.0664 e. The molecule has 1 heterocycles. The highest BCUT2D eigenvalue weighted by Gasteiger charge is 2.26. The van der Waals surface area contributed by atoms with E-state index >= 15 is 0 Å². The third-order valence-corrected chi connectivity index (χ3v) is 3.59. The van der Waals surface area contributed by atoms with Gasteiger partial charge in [0.25, 0.3) is 0 Å². The van der Waals surface area contributed by atoms with Gasteiger partial charge in [-0.2, -0.15) is 0 Å². The zero-order valence-corrected chi connectivity index (χ0v) is 9.61. The summed E-state index contributed by atoms with van der Waals surface area (Å²) in [5, 5.41) is 9.48. The van der Waals surface area contributed by atoms with Gasteiger partial charge in [0, 0.05) is 12.1 Å². The van der Waals surface area contributed by atoms with Crippen LogP contribution in [0.1, 0.15) is 33.6 Å². The van der Waals surface area contributed by atoms with Crippen LogP contribution in [-0.2, 0) is 0 Å². The summed E-state index contributed by atoms with van der Waals surface area (Å²) in [7, 11) is 0. The highest BCUT2D eigenvalue weighted by Crippen LogP contribution is 2.21. The Hall–Kier alpha value is -0.120. The summed E-state index contributed by atoms with van der Waals surface area (Å²) in [6.07, 6.45) is 2.12. The van der Waals surface area contributed by atoms with E-state index in [4.69, 9.17) is 5.73 Å². The van der Waals surface area contributed by atoms with Crippen LogP contribution < -0.4 is 5.73 Å². The second-order valence-electron chi connectivity index (χ2n) is 4.71. The number of nitrogens with two attached hydrogens (primary N) is 1. The summed E-state index contributed by atoms with van der Waals surface area (Å²) >= 11 is 0. The van der Waals surface area contributed by atoms with Crippen molar-refractivity contribution in [1.29, 1.82) is 0 Å². The smallest absolute Gasteiger partial charge is 0.0664 e. The topological polar surface area (TPSA) is 49.5 Å². The normalized spacial score (nSPS) is 27.2. The quantitative estimate of drug-likeness (QED) is 0.709. The standard InChI is InChI=1S/C11H24N2O/c1-8(12)11-4-6-13(7-5-11)9(2)10(3)14/h8-11,14H,4-7,12H2,1-3H3. The third kappa shape index (κ3) is 2.94. The minimum atomic E-state index is -0.234. The van der Waals surface area contributed by atoms with Crippen LogP contribution in [0.4, 0.5) is 0 Å². The van der Waals surface area contributed by atoms with Gasteiger partial charge in [-0.25, -0.2) is 0 Å². The molecule has 3 heteroatoms. The molecule has 0 radical (unpaired) electrons. The van der Waals surface area contributed by atoms with Gasteiger partial charge < -0.3 is 10.8 Å². The molecule has 14 heavy (non-hydrogen) atoms. The van der Waals surface area contributed by atoms with Crippen LogP contribution in [0, 0.1) is 5.92 Å². The number of hydrogen-bond acceptors (Lipinski definition) is 3. The van der Waals surface area contributed by atoms with E-state index in [0.29, 0.717) is 12.0 Å². The van der Waals surface area contributed by atoms with Crippen molar-refractivity contribution in [3.63, 3.8) is 0 Å². The van der Waals surface area contributed by atoms with E-state index < -0.39 is 0 Å². The molecule has 3 unspecified atom stereocenters. The molecule has 0 spiro atoms. The molecule has 1 saturated heterocycles. The van der Waals surface area contributed by atoms with Gasteiger partial charge in [0.1, 0.15) is 0 Å². The largest absolute Gasteiger partial charge is 0.392 e. The van der Waals surface area contributed by atoms with Crippen LogP contribution in [0.25, 0.3) is 0 Å². The van der Waals surface area contributed by atoms with Crippen molar-refractivity contribution in [2.75, 3.05) is 13.1 Å². The molecule has 0 aromatic carbocycles. The summed E-state index contributed by atoms with van der Waals surface area (Å²) in [6, 6.07) is 0.600. The molecular weight excluding hydrogens is 176 g/mol. The zero-order valence-electron chi connectivity index (χ0n) is 9.61. The van der Waals surface area contributed by atoms with E-state index in [1.807, 2.05) is 6.92 Å². The van der Waals surface area contributed by atoms with E-state index in [1.165, 1.54) is 12.8 Å². The maximum absolute atomic E-state index is 9.48. The molecule has 3 N–H and O–H groups in total. The minimum absolute atomic E-state index is 0.234. The Bertz CT molecular complexity index is 163. The van der Waals surface area contributed by atoms with Crippen molar-refractivity contribution in [2.24, 2.45) is 11.7 Å². The van der Waals surface area contributed by atoms with Crippen LogP contribution in [-0.4, -0.2) is 41.3 Å². The summed E-state index contributed by atoms with van der Waals surface area (Å²) in [5.74, 6) is 0.674. The van der Waals surface area contributed by atoms with Crippen molar-refractivity contribution in [2.45, 2.75) is 51.8 Å². The molecule has 0 amide bonds. The highest BCUT2D eigenvalue weighted by atomic mass is 16.3. The molecule has 84 valence electrons. The Morgan fingerprint density at radius 3 is 2.07 bits per heavy atom. The van der Waals surface area contributed by atoms with Gasteiger partial charge in [0.05, 0.1) is 6.10 Å². The molecule has 0 bridgehead atoms. The highest BCUT2D eigenvalue weighted by molar-refractivity contribution is 4.81. The minimum Gasteiger partial charge on any atom is -0.392 e. The third-order valence-electron chi connectivity index (χ3n) is 3.59. The Labute approximate surface area is 87.3 Å². The first-order chi connectivity index (χ1) is 6.52. The van der Waals surface area contributed by atoms with Crippen LogP contribution in [0.15, 0.2) is 0 Å². The molecule has 3 atom stereocenters. The lowest BCUT2D eigenvalue weighted by Gasteiger charge is -2.38. The van der Waals surface area contributed by atoms with E-state index in [1.54, 1.807) is 0 Å². The molecular formula is C11H24N2O. The van der Waals surface area contributed by atoms with E-state index in [0.717, 1.165) is 13.1 Å². The first-order valence-corrected chi connectivity index (χ1v) is 5.70. The van der Waals surface area contributed by atoms with E-state index in [9.17, 15) is 5.11 Å². The van der Waals surface area contributed by atoms with Crippen LogP contribution in [0.5, 0.6) is 0 Å². The van der Waals surface area contributed by atoms with E-state index in [2.05, 4.69) is 18.7 Å². The fourth-order valence-electron chi connectivity index (χ4n) is 2.16. The predicted molar refractivity (Wildman–Crippen MR) is 59.1 cm³/mol. The number of aliphatic hydroxyl groups excluding tert-OH is 1. The van der Waals surface area contributed by atoms with Gasteiger partial charge in [-0.15, -0.1) is 0 Å². The SMILES string of the molecule is CC(N)C1CCN(C(C)C(C)O)CC1. The number of aliphatic hydroxyl groups is 1. The van der Waals surface area contributed by atoms with Crippen molar-refractivity contribution >= 4 is 0 Å². The van der Waals surface area contributed by atoms with Gasteiger partial charge >= 0.3 is 0 Å². The second kappa shape index (κ2) is 5.10. The molecule has 3 nitrogen and oxygen atoms in total. The van der Waals surface area contributed by atoms with Gasteiger partial charge in [-0.05, 0) is 52.6 Å². The van der Waals surface area contributed by atoms with Crippen LogP contribution >= 0.6 is 0 Å². The van der Waals surface area contributed by atoms with Gasteiger partial charge in [-0.1, -0.05) is 0 Å². The Morgan fingerprint density at radius 2 is 1.71 bits per heavy atom. The average Bonchev–Trinajstić information content (AvgIpc) is 2.16. The Balaban J connectivity index is 2.35. The van der Waals surface area contributed by atoms with Gasteiger partial charge in [0.2, 0.25) is 0 Å². The monoisotopic (exact) mass is 200 g/mol. The summed E-state index contributed by atoms with van der Waals surface area (Å²) in [4.78, 5) is 2.36. The number of piperidine rings is 1. The van der Waals surface area contributed by atoms with Crippen molar-refractivity contribution in [1.82, 2.24) is 4.90 Å². The molecule has 0 aromatic heterocycles. The summed E-state index contributed by atoms with van der Waals surface area (Å²) in [5.41, 5.74) is 5.88. The predicted octanol–water partition coefficient (Wildman–Crippen LogP) is 0.815. The fourth-order valence-corrected chi connectivity index (χ4v) is 2.16. The zero-order chi connectivity index (χ0) is 10.7. The van der Waals surface area contributed by atoms with Gasteiger partial charge in [0.15, 0.2) is 0 Å². The lowest BCUT2D eigenvalue weighted by atomic mass is 9.90. The Kier molecular flexibility index (Phi) is 4.35. The number of likely N-dealkylation sites (tertiary alicyclic amines) is 1. The number of nitrogens with zero attached hydrogens (tertiary/aromatic N) is 1. The Morgan fingerprint density at radius 1 is 1.21 bits per heavy atom. The first-order valence-electron chi connectivity index (χ1n) is 5.70. The molecule has 0 saturated carbocycles. The summed E-state index contributed by atoms with van der Waals surface area (Å²) in [6.45, 7) is 8.22. The number of rotatable bonds is 3. The van der Waals surface area contributed by atoms with Crippen LogP contribution in [0.2, 0.25) is 0 Å². The number of hydrogen-bond donors (Lipinski definition) is 2. The second-order valence-corrected chi connectivity index (χ2v) is 4.71. The molecule has 0 aliphatic carbocycles. The molecule has 0 aromatic rings. The fraction of sp³-hybridized carbons (Fsp3) is 1.00. The molecule has 1 aliphatic heterocycles. The maximum atomic E-state index is 9.48. The van der Waals surface area contributed by atoms with Crippen molar-refractivity contribution in [3.05, 3.63) is 0 Å². The molecule has 1 fully saturated rings. The van der Waals surface area contributed by atoms with Crippen LogP contribution in [0.3, 0.4) is 0 Å². The summed E-state index contributed by atoms with van der Waals surface area (Å²) < 4.78 is 0. The van der Waals surface area contributed by atoms with Crippen molar-refractivity contribution in [3.8, 4) is 0 Å². The van der Waals surface area contributed by atoms with E-state index in [-0.39, 0.29) is 12.1 Å². The molecule has 1 rings (SSSR count). The van der Waals surface area contributed by atoms with Gasteiger partial charge in [-0.3, -0.25) is 4.90 Å². The van der Waals surface area contributed by atoms with Crippen molar-refractivity contribution < 1.29 is 5.11 Å². The lowest BCUT2D eigenvalue weighted by Crippen LogP contribution is -2.47. The lowest BCUT2D eigenvalue weighted by molar-refractivity contribution is 0.0458. The first kappa shape index (κ1) is 12.0.